The van der Waals surface area contributed by atoms with Gasteiger partial charge >= 0.3 is 0 Å². The molecule has 1 aromatic heterocycles. The van der Waals surface area contributed by atoms with Crippen molar-refractivity contribution >= 4 is 5.91 Å². The van der Waals surface area contributed by atoms with Gasteiger partial charge in [-0.1, -0.05) is 12.1 Å². The van der Waals surface area contributed by atoms with E-state index in [4.69, 9.17) is 4.74 Å². The first-order valence-electron chi connectivity index (χ1n) is 9.06. The number of likely N-dealkylation sites (tertiary alicyclic amines) is 1. The molecule has 2 N–H and O–H groups in total. The number of benzene rings is 1. The topological polar surface area (TPSA) is 78.5 Å². The van der Waals surface area contributed by atoms with Crippen molar-refractivity contribution in [3.05, 3.63) is 46.8 Å². The van der Waals surface area contributed by atoms with Crippen LogP contribution in [-0.4, -0.2) is 52.4 Å². The molecule has 2 heterocycles. The highest BCUT2D eigenvalue weighted by atomic mass is 16.5. The average molecular weight is 357 g/mol. The molecular weight excluding hydrogens is 330 g/mol. The van der Waals surface area contributed by atoms with E-state index in [1.165, 1.54) is 0 Å². The SMILES string of the molecule is COc1cc(CCC(=O)N2C[C@@H](Cc3cc(C)[nH]n3)[C@H](O)C2)ccc1C. The van der Waals surface area contributed by atoms with Crippen molar-refractivity contribution in [3.8, 4) is 5.75 Å². The number of hydrogen-bond donors (Lipinski definition) is 2. The lowest BCUT2D eigenvalue weighted by molar-refractivity contribution is -0.130. The van der Waals surface area contributed by atoms with E-state index < -0.39 is 6.10 Å². The van der Waals surface area contributed by atoms with E-state index >= 15 is 0 Å². The molecule has 26 heavy (non-hydrogen) atoms. The Morgan fingerprint density at radius 3 is 2.85 bits per heavy atom. The molecule has 1 aliphatic heterocycles. The van der Waals surface area contributed by atoms with Crippen LogP contribution < -0.4 is 4.74 Å². The van der Waals surface area contributed by atoms with Crippen LogP contribution in [0.5, 0.6) is 5.75 Å². The standard InChI is InChI=1S/C20H27N3O3/c1-13-4-5-15(9-19(13)26-3)6-7-20(25)23-11-16(18(24)12-23)10-17-8-14(2)21-22-17/h4-5,8-9,16,18,24H,6-7,10-12H2,1-3H3,(H,21,22)/t16-,18-/m1/s1. The maximum atomic E-state index is 12.5. The molecule has 6 heteroatoms. The Labute approximate surface area is 154 Å². The van der Waals surface area contributed by atoms with E-state index in [1.54, 1.807) is 12.0 Å². The number of aryl methyl sites for hydroxylation is 3. The number of methoxy groups -OCH3 is 1. The summed E-state index contributed by atoms with van der Waals surface area (Å²) >= 11 is 0. The molecule has 1 aromatic carbocycles. The van der Waals surface area contributed by atoms with Gasteiger partial charge in [0.15, 0.2) is 0 Å². The number of H-pyrrole nitrogens is 1. The Morgan fingerprint density at radius 2 is 2.15 bits per heavy atom. The first-order chi connectivity index (χ1) is 12.5. The van der Waals surface area contributed by atoms with Gasteiger partial charge < -0.3 is 14.7 Å². The van der Waals surface area contributed by atoms with Crippen molar-refractivity contribution in [2.45, 2.75) is 39.2 Å². The van der Waals surface area contributed by atoms with E-state index in [2.05, 4.69) is 10.2 Å². The van der Waals surface area contributed by atoms with Gasteiger partial charge in [-0.3, -0.25) is 9.89 Å². The molecule has 2 atom stereocenters. The van der Waals surface area contributed by atoms with E-state index in [1.807, 2.05) is 38.1 Å². The predicted molar refractivity (Wildman–Crippen MR) is 99.2 cm³/mol. The fourth-order valence-corrected chi connectivity index (χ4v) is 3.54. The van der Waals surface area contributed by atoms with Crippen LogP contribution in [0.25, 0.3) is 0 Å². The van der Waals surface area contributed by atoms with E-state index in [-0.39, 0.29) is 11.8 Å². The zero-order valence-corrected chi connectivity index (χ0v) is 15.7. The Morgan fingerprint density at radius 1 is 1.35 bits per heavy atom. The summed E-state index contributed by atoms with van der Waals surface area (Å²) in [5.74, 6) is 0.978. The molecule has 2 aromatic rings. The van der Waals surface area contributed by atoms with Crippen LogP contribution in [0.3, 0.4) is 0 Å². The number of hydrogen-bond acceptors (Lipinski definition) is 4. The molecule has 0 spiro atoms. The highest BCUT2D eigenvalue weighted by Gasteiger charge is 2.34. The quantitative estimate of drug-likeness (QED) is 0.829. The summed E-state index contributed by atoms with van der Waals surface area (Å²) in [5, 5.41) is 17.5. The molecule has 1 saturated heterocycles. The summed E-state index contributed by atoms with van der Waals surface area (Å²) in [5.41, 5.74) is 4.12. The molecule has 1 aliphatic rings. The van der Waals surface area contributed by atoms with Gasteiger partial charge in [0, 0.05) is 31.1 Å². The fourth-order valence-electron chi connectivity index (χ4n) is 3.54. The molecule has 0 unspecified atom stereocenters. The van der Waals surface area contributed by atoms with Gasteiger partial charge in [0.05, 0.1) is 18.9 Å². The summed E-state index contributed by atoms with van der Waals surface area (Å²) in [6.07, 6.45) is 1.30. The Bertz CT molecular complexity index is 771. The summed E-state index contributed by atoms with van der Waals surface area (Å²) in [6.45, 7) is 4.95. The fraction of sp³-hybridized carbons (Fsp3) is 0.500. The van der Waals surface area contributed by atoms with Crippen molar-refractivity contribution in [3.63, 3.8) is 0 Å². The minimum Gasteiger partial charge on any atom is -0.496 e. The van der Waals surface area contributed by atoms with Gasteiger partial charge in [0.25, 0.3) is 0 Å². The smallest absolute Gasteiger partial charge is 0.223 e. The number of rotatable bonds is 6. The largest absolute Gasteiger partial charge is 0.496 e. The molecule has 0 radical (unpaired) electrons. The minimum absolute atomic E-state index is 0.0427. The van der Waals surface area contributed by atoms with Gasteiger partial charge in [0.2, 0.25) is 5.91 Å². The van der Waals surface area contributed by atoms with Gasteiger partial charge in [0.1, 0.15) is 5.75 Å². The summed E-state index contributed by atoms with van der Waals surface area (Å²) < 4.78 is 5.34. The molecule has 140 valence electrons. The monoisotopic (exact) mass is 357 g/mol. The number of aliphatic hydroxyl groups is 1. The lowest BCUT2D eigenvalue weighted by Gasteiger charge is -2.16. The normalized spacial score (nSPS) is 19.8. The third kappa shape index (κ3) is 4.25. The van der Waals surface area contributed by atoms with Gasteiger partial charge in [-0.15, -0.1) is 0 Å². The molecule has 0 bridgehead atoms. The molecule has 3 rings (SSSR count). The van der Waals surface area contributed by atoms with Crippen molar-refractivity contribution in [2.24, 2.45) is 5.92 Å². The van der Waals surface area contributed by atoms with Crippen LogP contribution in [0, 0.1) is 19.8 Å². The number of β-amino-alcohol motifs (C(OH)–C–C–N with tert-alkyl or cyclic N) is 1. The van der Waals surface area contributed by atoms with Gasteiger partial charge in [-0.2, -0.15) is 5.10 Å². The second-order valence-electron chi connectivity index (χ2n) is 7.18. The maximum absolute atomic E-state index is 12.5. The van der Waals surface area contributed by atoms with Gasteiger partial charge in [-0.25, -0.2) is 0 Å². The number of aliphatic hydroxyl groups excluding tert-OH is 1. The van der Waals surface area contributed by atoms with Crippen molar-refractivity contribution in [2.75, 3.05) is 20.2 Å². The number of ether oxygens (including phenoxy) is 1. The Hall–Kier alpha value is -2.34. The Balaban J connectivity index is 1.53. The zero-order valence-electron chi connectivity index (χ0n) is 15.7. The van der Waals surface area contributed by atoms with E-state index in [0.29, 0.717) is 32.4 Å². The summed E-state index contributed by atoms with van der Waals surface area (Å²) in [6, 6.07) is 8.03. The second kappa shape index (κ2) is 7.91. The van der Waals surface area contributed by atoms with E-state index in [9.17, 15) is 9.90 Å². The first kappa shape index (κ1) is 18.5. The molecule has 1 fully saturated rings. The second-order valence-corrected chi connectivity index (χ2v) is 7.18. The molecule has 1 amide bonds. The number of amides is 1. The number of aromatic nitrogens is 2. The number of carbonyl (C=O) groups is 1. The van der Waals surface area contributed by atoms with Crippen LogP contribution in [0.15, 0.2) is 24.3 Å². The number of carbonyl (C=O) groups excluding carboxylic acids is 1. The van der Waals surface area contributed by atoms with Crippen molar-refractivity contribution in [1.82, 2.24) is 15.1 Å². The van der Waals surface area contributed by atoms with Crippen LogP contribution in [0.4, 0.5) is 0 Å². The highest BCUT2D eigenvalue weighted by molar-refractivity contribution is 5.76. The number of nitrogens with zero attached hydrogens (tertiary/aromatic N) is 2. The maximum Gasteiger partial charge on any atom is 0.223 e. The minimum atomic E-state index is -0.490. The van der Waals surface area contributed by atoms with Crippen LogP contribution in [0.1, 0.15) is 28.9 Å². The average Bonchev–Trinajstić information content (AvgIpc) is 3.20. The highest BCUT2D eigenvalue weighted by Crippen LogP contribution is 2.23. The Kier molecular flexibility index (Phi) is 5.61. The third-order valence-corrected chi connectivity index (χ3v) is 5.09. The van der Waals surface area contributed by atoms with Crippen molar-refractivity contribution in [1.29, 1.82) is 0 Å². The molecule has 0 aliphatic carbocycles. The molecule has 6 nitrogen and oxygen atoms in total. The predicted octanol–water partition coefficient (Wildman–Crippen LogP) is 2.03. The molecular formula is C20H27N3O3. The summed E-state index contributed by atoms with van der Waals surface area (Å²) in [4.78, 5) is 14.3. The lowest BCUT2D eigenvalue weighted by atomic mass is 10.0. The lowest BCUT2D eigenvalue weighted by Crippen LogP contribution is -2.29. The number of nitrogens with one attached hydrogen (secondary N) is 1. The molecule has 0 saturated carbocycles. The van der Waals surface area contributed by atoms with Crippen LogP contribution in [-0.2, 0) is 17.6 Å². The number of aromatic amines is 1. The van der Waals surface area contributed by atoms with Gasteiger partial charge in [-0.05, 0) is 49.9 Å². The van der Waals surface area contributed by atoms with Crippen LogP contribution in [0.2, 0.25) is 0 Å². The zero-order chi connectivity index (χ0) is 18.7. The summed E-state index contributed by atoms with van der Waals surface area (Å²) in [7, 11) is 1.66. The van der Waals surface area contributed by atoms with E-state index in [0.717, 1.165) is 28.3 Å². The van der Waals surface area contributed by atoms with Crippen LogP contribution >= 0.6 is 0 Å². The first-order valence-corrected chi connectivity index (χ1v) is 9.06. The third-order valence-electron chi connectivity index (χ3n) is 5.09. The van der Waals surface area contributed by atoms with Crippen molar-refractivity contribution < 1.29 is 14.6 Å².